The molecule has 1 atom stereocenters. The van der Waals surface area contributed by atoms with Crippen molar-refractivity contribution in [3.63, 3.8) is 0 Å². The fourth-order valence-electron chi connectivity index (χ4n) is 1.03. The fraction of sp³-hybridized carbons (Fsp3) is 0.714. The first-order valence-corrected chi connectivity index (χ1v) is 5.67. The standard InChI is InChI=1S/C7H10N2O3S/c1-5(2-8)7(10)9-6-3-13(11,12)4-6/h5-6H,3-4H2,1H3,(H,9,10). The number of carbonyl (C=O) groups excluding carboxylic acids is 1. The number of rotatable bonds is 2. The quantitative estimate of drug-likeness (QED) is 0.626. The van der Waals surface area contributed by atoms with Crippen molar-refractivity contribution in [1.82, 2.24) is 5.32 Å². The molecule has 0 radical (unpaired) electrons. The predicted molar refractivity (Wildman–Crippen MR) is 45.4 cm³/mol. The summed E-state index contributed by atoms with van der Waals surface area (Å²) in [5.74, 6) is -1.13. The van der Waals surface area contributed by atoms with Crippen LogP contribution >= 0.6 is 0 Å². The molecule has 5 nitrogen and oxygen atoms in total. The minimum Gasteiger partial charge on any atom is -0.350 e. The van der Waals surface area contributed by atoms with Crippen LogP contribution in [0.15, 0.2) is 0 Å². The first-order valence-electron chi connectivity index (χ1n) is 3.85. The first kappa shape index (κ1) is 9.99. The lowest BCUT2D eigenvalue weighted by Gasteiger charge is -2.26. The highest BCUT2D eigenvalue weighted by atomic mass is 32.2. The smallest absolute Gasteiger partial charge is 0.237 e. The average Bonchev–Trinajstić information content (AvgIpc) is 1.99. The first-order chi connectivity index (χ1) is 5.94. The number of hydrogen-bond acceptors (Lipinski definition) is 4. The van der Waals surface area contributed by atoms with Crippen LogP contribution in [0.4, 0.5) is 0 Å². The van der Waals surface area contributed by atoms with Gasteiger partial charge in [-0.15, -0.1) is 0 Å². The van der Waals surface area contributed by atoms with Gasteiger partial charge < -0.3 is 5.32 Å². The van der Waals surface area contributed by atoms with E-state index in [9.17, 15) is 13.2 Å². The number of nitrogens with one attached hydrogen (secondary N) is 1. The Balaban J connectivity index is 2.37. The molecule has 0 spiro atoms. The van der Waals surface area contributed by atoms with Gasteiger partial charge in [-0.25, -0.2) is 8.42 Å². The molecule has 1 aliphatic rings. The summed E-state index contributed by atoms with van der Waals surface area (Å²) in [5, 5.41) is 10.9. The van der Waals surface area contributed by atoms with Crippen molar-refractivity contribution in [3.8, 4) is 6.07 Å². The van der Waals surface area contributed by atoms with E-state index in [0.717, 1.165) is 0 Å². The van der Waals surface area contributed by atoms with Gasteiger partial charge in [-0.2, -0.15) is 5.26 Å². The van der Waals surface area contributed by atoms with Crippen LogP contribution in [-0.2, 0) is 14.6 Å². The lowest BCUT2D eigenvalue weighted by molar-refractivity contribution is -0.123. The third-order valence-corrected chi connectivity index (χ3v) is 3.66. The van der Waals surface area contributed by atoms with E-state index in [1.54, 1.807) is 6.07 Å². The Morgan fingerprint density at radius 3 is 2.54 bits per heavy atom. The van der Waals surface area contributed by atoms with Crippen molar-refractivity contribution in [2.24, 2.45) is 5.92 Å². The zero-order valence-corrected chi connectivity index (χ0v) is 7.97. The van der Waals surface area contributed by atoms with Crippen molar-refractivity contribution in [1.29, 1.82) is 5.26 Å². The Labute approximate surface area is 76.7 Å². The van der Waals surface area contributed by atoms with Gasteiger partial charge in [0.25, 0.3) is 0 Å². The van der Waals surface area contributed by atoms with E-state index < -0.39 is 21.7 Å². The molecule has 1 aliphatic heterocycles. The summed E-state index contributed by atoms with van der Waals surface area (Å²) in [6, 6.07) is 1.48. The van der Waals surface area contributed by atoms with E-state index in [1.165, 1.54) is 6.92 Å². The van der Waals surface area contributed by atoms with Crippen LogP contribution in [0.1, 0.15) is 6.92 Å². The number of amides is 1. The Morgan fingerprint density at radius 2 is 2.15 bits per heavy atom. The van der Waals surface area contributed by atoms with Gasteiger partial charge in [-0.3, -0.25) is 4.79 Å². The highest BCUT2D eigenvalue weighted by Gasteiger charge is 2.34. The molecular weight excluding hydrogens is 192 g/mol. The normalized spacial score (nSPS) is 22.5. The van der Waals surface area contributed by atoms with Crippen LogP contribution in [0.3, 0.4) is 0 Å². The largest absolute Gasteiger partial charge is 0.350 e. The average molecular weight is 202 g/mol. The van der Waals surface area contributed by atoms with Crippen LogP contribution in [0.25, 0.3) is 0 Å². The summed E-state index contributed by atoms with van der Waals surface area (Å²) >= 11 is 0. The molecule has 1 N–H and O–H groups in total. The Kier molecular flexibility index (Phi) is 2.57. The Bertz CT molecular complexity index is 342. The number of hydrogen-bond donors (Lipinski definition) is 1. The van der Waals surface area contributed by atoms with Gasteiger partial charge in [0.15, 0.2) is 9.84 Å². The molecular formula is C7H10N2O3S. The van der Waals surface area contributed by atoms with Crippen LogP contribution in [0, 0.1) is 17.2 Å². The van der Waals surface area contributed by atoms with Gasteiger partial charge in [0, 0.05) is 0 Å². The van der Waals surface area contributed by atoms with Crippen LogP contribution in [-0.4, -0.2) is 31.9 Å². The second-order valence-corrected chi connectivity index (χ2v) is 5.29. The zero-order valence-electron chi connectivity index (χ0n) is 7.15. The molecule has 6 heteroatoms. The van der Waals surface area contributed by atoms with Crippen LogP contribution < -0.4 is 5.32 Å². The lowest BCUT2D eigenvalue weighted by atomic mass is 10.2. The Hall–Kier alpha value is -1.09. The predicted octanol–water partition coefficient (Wildman–Crippen LogP) is -0.941. The van der Waals surface area contributed by atoms with Gasteiger partial charge in [0.05, 0.1) is 23.6 Å². The highest BCUT2D eigenvalue weighted by Crippen LogP contribution is 2.10. The van der Waals surface area contributed by atoms with E-state index in [2.05, 4.69) is 5.32 Å². The molecule has 0 aromatic heterocycles. The van der Waals surface area contributed by atoms with Crippen molar-refractivity contribution in [2.75, 3.05) is 11.5 Å². The van der Waals surface area contributed by atoms with Crippen molar-refractivity contribution < 1.29 is 13.2 Å². The molecule has 1 heterocycles. The maximum Gasteiger partial charge on any atom is 0.237 e. The molecule has 0 aliphatic carbocycles. The van der Waals surface area contributed by atoms with Crippen molar-refractivity contribution >= 4 is 15.7 Å². The van der Waals surface area contributed by atoms with Crippen LogP contribution in [0.5, 0.6) is 0 Å². The third-order valence-electron chi connectivity index (χ3n) is 1.84. The molecule has 0 aromatic carbocycles. The third kappa shape index (κ3) is 2.42. The van der Waals surface area contributed by atoms with E-state index in [1.807, 2.05) is 0 Å². The summed E-state index contributed by atoms with van der Waals surface area (Å²) in [5.41, 5.74) is 0. The summed E-state index contributed by atoms with van der Waals surface area (Å²) in [4.78, 5) is 11.1. The minimum absolute atomic E-state index is 0.00309. The summed E-state index contributed by atoms with van der Waals surface area (Å²) in [6.07, 6.45) is 0. The summed E-state index contributed by atoms with van der Waals surface area (Å²) < 4.78 is 21.4. The highest BCUT2D eigenvalue weighted by molar-refractivity contribution is 7.92. The summed E-state index contributed by atoms with van der Waals surface area (Å²) in [6.45, 7) is 1.47. The monoisotopic (exact) mass is 202 g/mol. The van der Waals surface area contributed by atoms with Gasteiger partial charge in [0.2, 0.25) is 5.91 Å². The van der Waals surface area contributed by atoms with Gasteiger partial charge in [0.1, 0.15) is 5.92 Å². The molecule has 0 bridgehead atoms. The molecule has 1 rings (SSSR count). The molecule has 1 saturated heterocycles. The number of nitrogens with zero attached hydrogens (tertiary/aromatic N) is 1. The van der Waals surface area contributed by atoms with E-state index in [0.29, 0.717) is 0 Å². The van der Waals surface area contributed by atoms with Crippen molar-refractivity contribution in [3.05, 3.63) is 0 Å². The van der Waals surface area contributed by atoms with E-state index in [4.69, 9.17) is 5.26 Å². The zero-order chi connectivity index (χ0) is 10.1. The summed E-state index contributed by atoms with van der Waals surface area (Å²) in [7, 11) is -2.91. The number of sulfone groups is 1. The van der Waals surface area contributed by atoms with Gasteiger partial charge >= 0.3 is 0 Å². The maximum absolute atomic E-state index is 11.1. The molecule has 0 aromatic rings. The van der Waals surface area contributed by atoms with E-state index in [-0.39, 0.29) is 17.5 Å². The number of nitriles is 1. The second kappa shape index (κ2) is 3.34. The second-order valence-electron chi connectivity index (χ2n) is 3.13. The molecule has 1 fully saturated rings. The molecule has 13 heavy (non-hydrogen) atoms. The molecule has 0 saturated carbocycles. The SMILES string of the molecule is CC(C#N)C(=O)NC1CS(=O)(=O)C1. The molecule has 1 amide bonds. The van der Waals surface area contributed by atoms with Gasteiger partial charge in [-0.05, 0) is 6.92 Å². The molecule has 72 valence electrons. The fourth-order valence-corrected chi connectivity index (χ4v) is 2.33. The molecule has 1 unspecified atom stereocenters. The number of carbonyl (C=O) groups is 1. The lowest BCUT2D eigenvalue weighted by Crippen LogP contribution is -2.53. The van der Waals surface area contributed by atoms with Crippen LogP contribution in [0.2, 0.25) is 0 Å². The van der Waals surface area contributed by atoms with E-state index >= 15 is 0 Å². The minimum atomic E-state index is -2.91. The Morgan fingerprint density at radius 1 is 1.62 bits per heavy atom. The maximum atomic E-state index is 11.1. The topological polar surface area (TPSA) is 87.0 Å². The van der Waals surface area contributed by atoms with Gasteiger partial charge in [-0.1, -0.05) is 0 Å². The van der Waals surface area contributed by atoms with Crippen molar-refractivity contribution in [2.45, 2.75) is 13.0 Å².